The van der Waals surface area contributed by atoms with E-state index in [1.807, 2.05) is 0 Å². The van der Waals surface area contributed by atoms with Gasteiger partial charge in [-0.1, -0.05) is 0 Å². The Morgan fingerprint density at radius 3 is 2.75 bits per heavy atom. The number of nitrogens with zero attached hydrogens (tertiary/aromatic N) is 2. The molecule has 0 unspecified atom stereocenters. The van der Waals surface area contributed by atoms with Crippen molar-refractivity contribution in [3.05, 3.63) is 51.7 Å². The lowest BCUT2D eigenvalue weighted by molar-refractivity contribution is 0.0773. The van der Waals surface area contributed by atoms with Crippen LogP contribution in [0.15, 0.2) is 34.5 Å². The van der Waals surface area contributed by atoms with Crippen LogP contribution in [0, 0.1) is 11.6 Å². The number of rotatable bonds is 3. The van der Waals surface area contributed by atoms with E-state index in [2.05, 4.69) is 16.3 Å². The fraction of sp³-hybridized carbons (Fsp3) is 0.375. The van der Waals surface area contributed by atoms with Crippen LogP contribution in [0.4, 0.5) is 8.78 Å². The third-order valence-corrected chi connectivity index (χ3v) is 7.56. The van der Waals surface area contributed by atoms with Crippen molar-refractivity contribution in [2.75, 3.05) is 19.6 Å². The first-order valence-corrected chi connectivity index (χ1v) is 10.0. The van der Waals surface area contributed by atoms with Crippen molar-refractivity contribution < 1.29 is 17.2 Å². The van der Waals surface area contributed by atoms with Gasteiger partial charge in [-0.3, -0.25) is 4.90 Å². The monoisotopic (exact) mass is 370 g/mol. The number of sulfonamides is 1. The van der Waals surface area contributed by atoms with Crippen LogP contribution in [0.2, 0.25) is 0 Å². The molecule has 1 aromatic heterocycles. The Labute approximate surface area is 143 Å². The Kier molecular flexibility index (Phi) is 3.95. The summed E-state index contributed by atoms with van der Waals surface area (Å²) in [5, 5.41) is 2.08. The second-order valence-electron chi connectivity index (χ2n) is 6.14. The van der Waals surface area contributed by atoms with Gasteiger partial charge in [-0.2, -0.15) is 4.31 Å². The molecule has 3 heterocycles. The summed E-state index contributed by atoms with van der Waals surface area (Å²) in [6, 6.07) is 4.75. The molecule has 2 aliphatic heterocycles. The largest absolute Gasteiger partial charge is 0.293 e. The van der Waals surface area contributed by atoms with E-state index < -0.39 is 26.6 Å². The van der Waals surface area contributed by atoms with Gasteiger partial charge in [0.2, 0.25) is 10.0 Å². The molecule has 1 aromatic carbocycles. The van der Waals surface area contributed by atoms with Crippen molar-refractivity contribution in [2.24, 2.45) is 0 Å². The predicted octanol–water partition coefficient (Wildman–Crippen LogP) is 2.46. The molecular weight excluding hydrogens is 354 g/mol. The number of hydrogen-bond donors (Lipinski definition) is 0. The molecule has 0 spiro atoms. The molecular formula is C16H16F2N2O2S2. The van der Waals surface area contributed by atoms with Crippen molar-refractivity contribution in [1.29, 1.82) is 0 Å². The lowest BCUT2D eigenvalue weighted by Gasteiger charge is -2.45. The Bertz CT molecular complexity index is 876. The highest BCUT2D eigenvalue weighted by Gasteiger charge is 2.41. The topological polar surface area (TPSA) is 40.6 Å². The van der Waals surface area contributed by atoms with Crippen molar-refractivity contribution in [3.63, 3.8) is 0 Å². The normalized spacial score (nSPS) is 19.9. The van der Waals surface area contributed by atoms with Gasteiger partial charge in [0.15, 0.2) is 0 Å². The summed E-state index contributed by atoms with van der Waals surface area (Å²) in [6.45, 7) is 2.36. The first-order valence-electron chi connectivity index (χ1n) is 7.69. The smallest absolute Gasteiger partial charge is 0.246 e. The molecule has 1 saturated heterocycles. The zero-order chi connectivity index (χ0) is 16.9. The van der Waals surface area contributed by atoms with Crippen LogP contribution in [0.3, 0.4) is 0 Å². The van der Waals surface area contributed by atoms with E-state index in [1.54, 1.807) is 11.3 Å². The summed E-state index contributed by atoms with van der Waals surface area (Å²) in [4.78, 5) is 3.08. The minimum absolute atomic E-state index is 0.129. The van der Waals surface area contributed by atoms with Crippen LogP contribution in [0.25, 0.3) is 0 Å². The van der Waals surface area contributed by atoms with E-state index in [9.17, 15) is 17.2 Å². The molecule has 24 heavy (non-hydrogen) atoms. The van der Waals surface area contributed by atoms with Crippen LogP contribution in [0.5, 0.6) is 0 Å². The van der Waals surface area contributed by atoms with Gasteiger partial charge in [-0.25, -0.2) is 17.2 Å². The first kappa shape index (κ1) is 16.1. The van der Waals surface area contributed by atoms with Gasteiger partial charge in [-0.15, -0.1) is 11.3 Å². The van der Waals surface area contributed by atoms with Gasteiger partial charge in [-0.05, 0) is 41.6 Å². The standard InChI is InChI=1S/C16H16F2N2O2S2/c17-12-1-2-14(18)16(7-12)24(21,22)20-9-13(10-20)19-5-3-15-11(8-19)4-6-23-15/h1-2,4,6-7,13H,3,5,8-10H2. The molecule has 0 atom stereocenters. The molecule has 0 bridgehead atoms. The van der Waals surface area contributed by atoms with Crippen LogP contribution < -0.4 is 0 Å². The average molecular weight is 370 g/mol. The van der Waals surface area contributed by atoms with Crippen molar-refractivity contribution in [1.82, 2.24) is 9.21 Å². The Morgan fingerprint density at radius 1 is 1.17 bits per heavy atom. The van der Waals surface area contributed by atoms with Gasteiger partial charge < -0.3 is 0 Å². The number of benzene rings is 1. The van der Waals surface area contributed by atoms with E-state index in [0.29, 0.717) is 13.1 Å². The van der Waals surface area contributed by atoms with Gasteiger partial charge in [0.05, 0.1) is 0 Å². The van der Waals surface area contributed by atoms with Crippen molar-refractivity contribution in [2.45, 2.75) is 23.9 Å². The number of fused-ring (bicyclic) bond motifs is 1. The summed E-state index contributed by atoms with van der Waals surface area (Å²) in [7, 11) is -3.98. The summed E-state index contributed by atoms with van der Waals surface area (Å²) in [6.07, 6.45) is 0.981. The lowest BCUT2D eigenvalue weighted by Crippen LogP contribution is -2.61. The van der Waals surface area contributed by atoms with Crippen LogP contribution in [0.1, 0.15) is 10.4 Å². The zero-order valence-corrected chi connectivity index (χ0v) is 14.4. The number of thiophene rings is 1. The molecule has 0 amide bonds. The SMILES string of the molecule is O=S(=O)(c1cc(F)ccc1F)N1CC(N2CCc3sccc3C2)C1. The van der Waals surface area contributed by atoms with E-state index >= 15 is 0 Å². The summed E-state index contributed by atoms with van der Waals surface area (Å²) >= 11 is 1.76. The maximum Gasteiger partial charge on any atom is 0.246 e. The molecule has 8 heteroatoms. The molecule has 2 aliphatic rings. The molecule has 0 N–H and O–H groups in total. The average Bonchev–Trinajstić information content (AvgIpc) is 2.95. The molecule has 0 aliphatic carbocycles. The summed E-state index contributed by atoms with van der Waals surface area (Å²) < 4.78 is 53.2. The second kappa shape index (κ2) is 5.87. The molecule has 1 fully saturated rings. The zero-order valence-electron chi connectivity index (χ0n) is 12.8. The van der Waals surface area contributed by atoms with Crippen LogP contribution in [-0.4, -0.2) is 43.3 Å². The highest BCUT2D eigenvalue weighted by Crippen LogP contribution is 2.30. The molecule has 4 nitrogen and oxygen atoms in total. The van der Waals surface area contributed by atoms with Crippen molar-refractivity contribution >= 4 is 21.4 Å². The molecule has 0 radical (unpaired) electrons. The lowest BCUT2D eigenvalue weighted by atomic mass is 10.0. The minimum atomic E-state index is -3.98. The quantitative estimate of drug-likeness (QED) is 0.833. The van der Waals surface area contributed by atoms with E-state index in [-0.39, 0.29) is 6.04 Å². The minimum Gasteiger partial charge on any atom is -0.293 e. The third kappa shape index (κ3) is 2.67. The third-order valence-electron chi connectivity index (χ3n) is 4.69. The van der Waals surface area contributed by atoms with Gasteiger partial charge in [0.1, 0.15) is 16.5 Å². The van der Waals surface area contributed by atoms with Gasteiger partial charge in [0, 0.05) is 37.1 Å². The fourth-order valence-corrected chi connectivity index (χ4v) is 5.72. The Hall–Kier alpha value is -1.35. The van der Waals surface area contributed by atoms with Gasteiger partial charge in [0.25, 0.3) is 0 Å². The molecule has 4 rings (SSSR count). The highest BCUT2D eigenvalue weighted by molar-refractivity contribution is 7.89. The predicted molar refractivity (Wildman–Crippen MR) is 87.3 cm³/mol. The van der Waals surface area contributed by atoms with Crippen LogP contribution >= 0.6 is 11.3 Å². The van der Waals surface area contributed by atoms with E-state index in [1.165, 1.54) is 14.7 Å². The first-order chi connectivity index (χ1) is 11.4. The Balaban J connectivity index is 1.46. The maximum absolute atomic E-state index is 13.8. The van der Waals surface area contributed by atoms with Crippen molar-refractivity contribution in [3.8, 4) is 0 Å². The van der Waals surface area contributed by atoms with E-state index in [4.69, 9.17) is 0 Å². The summed E-state index contributed by atoms with van der Waals surface area (Å²) in [5.41, 5.74) is 1.31. The molecule has 2 aromatic rings. The molecule has 0 saturated carbocycles. The van der Waals surface area contributed by atoms with Gasteiger partial charge >= 0.3 is 0 Å². The molecule has 128 valence electrons. The van der Waals surface area contributed by atoms with Crippen LogP contribution in [-0.2, 0) is 23.0 Å². The second-order valence-corrected chi connectivity index (χ2v) is 9.05. The summed E-state index contributed by atoms with van der Waals surface area (Å²) in [5.74, 6) is -1.67. The number of halogens is 2. The van der Waals surface area contributed by atoms with E-state index in [0.717, 1.165) is 37.7 Å². The Morgan fingerprint density at radius 2 is 1.96 bits per heavy atom. The fourth-order valence-electron chi connectivity index (χ4n) is 3.24. The maximum atomic E-state index is 13.8. The number of hydrogen-bond acceptors (Lipinski definition) is 4. The highest BCUT2D eigenvalue weighted by atomic mass is 32.2.